The number of carboxylic acid groups (broad SMARTS) is 1. The van der Waals surface area contributed by atoms with E-state index in [4.69, 9.17) is 45.3 Å². The van der Waals surface area contributed by atoms with Gasteiger partial charge < -0.3 is 20.4 Å². The van der Waals surface area contributed by atoms with Gasteiger partial charge in [-0.05, 0) is 12.1 Å². The van der Waals surface area contributed by atoms with Crippen LogP contribution in [-0.2, 0) is 4.79 Å². The summed E-state index contributed by atoms with van der Waals surface area (Å²) in [5, 5.41) is 13.8. The van der Waals surface area contributed by atoms with Gasteiger partial charge in [0.1, 0.15) is 17.4 Å². The number of pyridine rings is 1. The van der Waals surface area contributed by atoms with Crippen LogP contribution in [0.4, 0.5) is 5.69 Å². The number of carboxylic acids is 1. The minimum Gasteiger partial charge on any atom is -0.546 e. The highest BCUT2D eigenvalue weighted by atomic mass is 35.5. The molecule has 0 aliphatic rings. The van der Waals surface area contributed by atoms with Crippen LogP contribution in [0.5, 0.6) is 5.75 Å². The predicted molar refractivity (Wildman–Crippen MR) is 95.7 cm³/mol. The Morgan fingerprint density at radius 3 is 2.65 bits per heavy atom. The van der Waals surface area contributed by atoms with E-state index in [9.17, 15) is 14.7 Å². The van der Waals surface area contributed by atoms with Gasteiger partial charge in [-0.15, -0.1) is 0 Å². The molecule has 0 saturated carbocycles. The Morgan fingerprint density at radius 2 is 1.96 bits per heavy atom. The van der Waals surface area contributed by atoms with Crippen LogP contribution in [0.25, 0.3) is 0 Å². The molecule has 8 nitrogen and oxygen atoms in total. The van der Waals surface area contributed by atoms with Gasteiger partial charge in [0.05, 0.1) is 22.9 Å². The van der Waals surface area contributed by atoms with Gasteiger partial charge in [0.2, 0.25) is 0 Å². The monoisotopic (exact) mass is 415 g/mol. The van der Waals surface area contributed by atoms with E-state index < -0.39 is 18.5 Å². The third-order valence-electron chi connectivity index (χ3n) is 2.92. The molecule has 0 fully saturated rings. The van der Waals surface area contributed by atoms with Crippen LogP contribution in [0, 0.1) is 0 Å². The number of nitrogens with one attached hydrogen (secondary N) is 1. The molecule has 3 N–H and O–H groups in total. The number of nitrogens with two attached hydrogens (primary N) is 1. The Hall–Kier alpha value is -2.55. The predicted octanol–water partition coefficient (Wildman–Crippen LogP) is 1.52. The second-order valence-electron chi connectivity index (χ2n) is 4.69. The number of rotatable bonds is 6. The van der Waals surface area contributed by atoms with Gasteiger partial charge in [-0.1, -0.05) is 46.9 Å². The van der Waals surface area contributed by atoms with Crippen LogP contribution in [0.15, 0.2) is 29.4 Å². The summed E-state index contributed by atoms with van der Waals surface area (Å²) in [4.78, 5) is 26.4. The lowest BCUT2D eigenvalue weighted by atomic mass is 10.2. The van der Waals surface area contributed by atoms with E-state index in [1.807, 2.05) is 0 Å². The second-order valence-corrected chi connectivity index (χ2v) is 5.80. The number of ether oxygens (including phenoxy) is 1. The number of hydrazone groups is 1. The molecule has 1 aromatic heterocycles. The smallest absolute Gasteiger partial charge is 0.291 e. The van der Waals surface area contributed by atoms with Crippen molar-refractivity contribution in [1.29, 1.82) is 0 Å². The zero-order chi connectivity index (χ0) is 19.3. The summed E-state index contributed by atoms with van der Waals surface area (Å²) in [5.74, 6) is -1.91. The molecule has 0 aliphatic heterocycles. The molecular formula is C15H10Cl3N4O4-. The van der Waals surface area contributed by atoms with Crippen molar-refractivity contribution in [3.8, 4) is 5.75 Å². The number of anilines is 1. The first-order valence-electron chi connectivity index (χ1n) is 6.86. The number of para-hydroxylation sites is 1. The van der Waals surface area contributed by atoms with Crippen molar-refractivity contribution in [1.82, 2.24) is 10.4 Å². The van der Waals surface area contributed by atoms with Crippen LogP contribution >= 0.6 is 34.8 Å². The maximum atomic E-state index is 12.1. The van der Waals surface area contributed by atoms with Crippen molar-refractivity contribution in [3.63, 3.8) is 0 Å². The summed E-state index contributed by atoms with van der Waals surface area (Å²) in [7, 11) is 0. The summed E-state index contributed by atoms with van der Waals surface area (Å²) in [6.45, 7) is -0.626. The first kappa shape index (κ1) is 19.8. The Labute approximate surface area is 162 Å². The Bertz CT molecular complexity index is 889. The second kappa shape index (κ2) is 8.70. The van der Waals surface area contributed by atoms with Crippen LogP contribution in [0.3, 0.4) is 0 Å². The largest absolute Gasteiger partial charge is 0.546 e. The molecule has 136 valence electrons. The Balaban J connectivity index is 2.14. The number of hydrogen-bond donors (Lipinski definition) is 2. The lowest BCUT2D eigenvalue weighted by molar-refractivity contribution is -0.307. The van der Waals surface area contributed by atoms with E-state index in [0.29, 0.717) is 5.56 Å². The average Bonchev–Trinajstić information content (AvgIpc) is 2.61. The highest BCUT2D eigenvalue weighted by molar-refractivity contribution is 6.46. The van der Waals surface area contributed by atoms with Crippen molar-refractivity contribution < 1.29 is 19.4 Å². The first-order chi connectivity index (χ1) is 12.3. The van der Waals surface area contributed by atoms with Crippen molar-refractivity contribution in [2.75, 3.05) is 12.3 Å². The molecule has 1 heterocycles. The third-order valence-corrected chi connectivity index (χ3v) is 4.06. The fourth-order valence-electron chi connectivity index (χ4n) is 1.75. The summed E-state index contributed by atoms with van der Waals surface area (Å²) in [6.07, 6.45) is 1.25. The van der Waals surface area contributed by atoms with Crippen molar-refractivity contribution in [2.45, 2.75) is 0 Å². The van der Waals surface area contributed by atoms with Crippen LogP contribution in [-0.4, -0.2) is 29.7 Å². The molecule has 0 saturated heterocycles. The molecule has 26 heavy (non-hydrogen) atoms. The molecule has 0 atom stereocenters. The number of carbonyl (C=O) groups is 2. The number of carbonyl (C=O) groups excluding carboxylic acids is 2. The molecular weight excluding hydrogens is 407 g/mol. The topological polar surface area (TPSA) is 130 Å². The summed E-state index contributed by atoms with van der Waals surface area (Å²) in [5.41, 5.74) is 7.92. The number of amides is 1. The number of hydrogen-bond acceptors (Lipinski definition) is 7. The molecule has 0 aliphatic carbocycles. The van der Waals surface area contributed by atoms with Crippen LogP contribution < -0.4 is 21.0 Å². The van der Waals surface area contributed by atoms with Gasteiger partial charge in [0, 0.05) is 5.56 Å². The van der Waals surface area contributed by atoms with Crippen LogP contribution in [0.1, 0.15) is 16.1 Å². The third kappa shape index (κ3) is 4.75. The number of benzene rings is 1. The van der Waals surface area contributed by atoms with E-state index in [0.717, 1.165) is 0 Å². The lowest BCUT2D eigenvalue weighted by Crippen LogP contribution is -2.29. The van der Waals surface area contributed by atoms with Crippen LogP contribution in [0.2, 0.25) is 15.2 Å². The quantitative estimate of drug-likeness (QED) is 0.417. The summed E-state index contributed by atoms with van der Waals surface area (Å²) in [6, 6.07) is 6.45. The van der Waals surface area contributed by atoms with Crippen molar-refractivity contribution >= 4 is 58.6 Å². The van der Waals surface area contributed by atoms with E-state index in [2.05, 4.69) is 15.5 Å². The number of aromatic nitrogens is 1. The zero-order valence-electron chi connectivity index (χ0n) is 12.8. The number of aliphatic carboxylic acids is 1. The maximum Gasteiger partial charge on any atom is 0.291 e. The Kier molecular flexibility index (Phi) is 6.62. The van der Waals surface area contributed by atoms with Crippen molar-refractivity contribution in [2.24, 2.45) is 5.10 Å². The van der Waals surface area contributed by atoms with Gasteiger partial charge >= 0.3 is 0 Å². The molecule has 0 bridgehead atoms. The van der Waals surface area contributed by atoms with Gasteiger partial charge in [0.15, 0.2) is 10.8 Å². The maximum absolute atomic E-state index is 12.1. The van der Waals surface area contributed by atoms with E-state index in [1.54, 1.807) is 18.2 Å². The number of nitrogen functional groups attached to an aromatic ring is 1. The van der Waals surface area contributed by atoms with E-state index in [-0.39, 0.29) is 32.3 Å². The minimum atomic E-state index is -1.37. The highest BCUT2D eigenvalue weighted by Crippen LogP contribution is 2.34. The highest BCUT2D eigenvalue weighted by Gasteiger charge is 2.19. The fraction of sp³-hybridized carbons (Fsp3) is 0.0667. The van der Waals surface area contributed by atoms with Gasteiger partial charge in [-0.25, -0.2) is 10.4 Å². The minimum absolute atomic E-state index is 0.0595. The standard InChI is InChI=1S/C15H11Cl3N4O4/c16-10-12(19)11(17)14(18)21-13(10)15(25)22-20-5-7-3-1-2-4-8(7)26-6-9(23)24/h1-5H,6H2,(H2,19,21)(H,22,25)(H,23,24)/p-1/b20-5-. The average molecular weight is 417 g/mol. The molecule has 0 spiro atoms. The summed E-state index contributed by atoms with van der Waals surface area (Å²) < 4.78 is 5.06. The fourth-order valence-corrected chi connectivity index (χ4v) is 2.34. The zero-order valence-corrected chi connectivity index (χ0v) is 15.1. The van der Waals surface area contributed by atoms with E-state index in [1.165, 1.54) is 12.3 Å². The van der Waals surface area contributed by atoms with Gasteiger partial charge in [-0.3, -0.25) is 4.79 Å². The van der Waals surface area contributed by atoms with Crippen molar-refractivity contribution in [3.05, 3.63) is 50.7 Å². The molecule has 2 aromatic rings. The normalized spacial score (nSPS) is 10.7. The molecule has 0 radical (unpaired) electrons. The SMILES string of the molecule is Nc1c(Cl)c(Cl)nc(C(=O)N/N=C\c2ccccc2OCC(=O)[O-])c1Cl. The first-order valence-corrected chi connectivity index (χ1v) is 7.99. The number of halogens is 3. The Morgan fingerprint density at radius 1 is 1.27 bits per heavy atom. The number of nitrogens with zero attached hydrogens (tertiary/aromatic N) is 2. The molecule has 0 unspecified atom stereocenters. The van der Waals surface area contributed by atoms with Gasteiger partial charge in [-0.2, -0.15) is 5.10 Å². The molecule has 1 amide bonds. The lowest BCUT2D eigenvalue weighted by Gasteiger charge is -2.09. The molecule has 1 aromatic carbocycles. The molecule has 2 rings (SSSR count). The summed E-state index contributed by atoms with van der Waals surface area (Å²) >= 11 is 17.5. The van der Waals surface area contributed by atoms with Gasteiger partial charge in [0.25, 0.3) is 5.91 Å². The molecule has 11 heteroatoms. The van der Waals surface area contributed by atoms with E-state index >= 15 is 0 Å².